The quantitative estimate of drug-likeness (QED) is 0.803. The molecular weight excluding hydrogens is 322 g/mol. The minimum atomic E-state index is -3.51. The molecule has 0 saturated heterocycles. The largest absolute Gasteiger partial charge is 0.350 e. The first-order valence-electron chi connectivity index (χ1n) is 6.71. The Morgan fingerprint density at radius 2 is 2.05 bits per heavy atom. The zero-order chi connectivity index (χ0) is 16.0. The van der Waals surface area contributed by atoms with Crippen molar-refractivity contribution in [3.05, 3.63) is 47.6 Å². The Bertz CT molecular complexity index is 700. The summed E-state index contributed by atoms with van der Waals surface area (Å²) in [6, 6.07) is 6.69. The topological polar surface area (TPSA) is 88.2 Å². The van der Waals surface area contributed by atoms with Crippen LogP contribution < -0.4 is 10.0 Å². The number of amides is 1. The maximum Gasteiger partial charge on any atom is 0.250 e. The van der Waals surface area contributed by atoms with Gasteiger partial charge in [0, 0.05) is 25.4 Å². The minimum absolute atomic E-state index is 0.0646. The van der Waals surface area contributed by atoms with Gasteiger partial charge in [0.2, 0.25) is 15.9 Å². The number of carbonyl (C=O) groups is 1. The van der Waals surface area contributed by atoms with Crippen LogP contribution in [0, 0.1) is 0 Å². The number of nitrogens with zero attached hydrogens (tertiary/aromatic N) is 1. The molecule has 0 aliphatic carbocycles. The molecule has 0 radical (unpaired) electrons. The Kier molecular flexibility index (Phi) is 5.64. The SMILES string of the molecule is CC(NC(=O)CCNS(=O)(=O)c1cccs1)c1ccncc1. The summed E-state index contributed by atoms with van der Waals surface area (Å²) in [6.45, 7) is 1.93. The fourth-order valence-electron chi connectivity index (χ4n) is 1.84. The van der Waals surface area contributed by atoms with E-state index in [1.807, 2.05) is 19.1 Å². The number of carbonyl (C=O) groups excluding carboxylic acids is 1. The van der Waals surface area contributed by atoms with E-state index in [9.17, 15) is 13.2 Å². The number of thiophene rings is 1. The Morgan fingerprint density at radius 1 is 1.32 bits per heavy atom. The van der Waals surface area contributed by atoms with Crippen molar-refractivity contribution in [2.24, 2.45) is 0 Å². The second kappa shape index (κ2) is 7.48. The molecular formula is C14H17N3O3S2. The van der Waals surface area contributed by atoms with E-state index in [0.29, 0.717) is 0 Å². The summed E-state index contributed by atoms with van der Waals surface area (Å²) < 4.78 is 26.4. The summed E-state index contributed by atoms with van der Waals surface area (Å²) in [5, 5.41) is 4.51. The van der Waals surface area contributed by atoms with E-state index >= 15 is 0 Å². The first-order chi connectivity index (χ1) is 10.5. The van der Waals surface area contributed by atoms with Crippen LogP contribution in [0.4, 0.5) is 0 Å². The Hall–Kier alpha value is -1.77. The lowest BCUT2D eigenvalue weighted by Crippen LogP contribution is -2.31. The summed E-state index contributed by atoms with van der Waals surface area (Å²) in [5.74, 6) is -0.210. The average molecular weight is 339 g/mol. The highest BCUT2D eigenvalue weighted by Gasteiger charge is 2.15. The molecule has 0 aliphatic heterocycles. The first-order valence-corrected chi connectivity index (χ1v) is 9.08. The van der Waals surface area contributed by atoms with Crippen LogP contribution in [0.15, 0.2) is 46.2 Å². The van der Waals surface area contributed by atoms with Crippen LogP contribution in [0.5, 0.6) is 0 Å². The van der Waals surface area contributed by atoms with Crippen molar-refractivity contribution in [1.82, 2.24) is 15.0 Å². The number of hydrogen-bond acceptors (Lipinski definition) is 5. The third-order valence-electron chi connectivity index (χ3n) is 2.99. The van der Waals surface area contributed by atoms with Crippen molar-refractivity contribution in [3.63, 3.8) is 0 Å². The molecule has 1 unspecified atom stereocenters. The summed E-state index contributed by atoms with van der Waals surface area (Å²) >= 11 is 1.14. The third-order valence-corrected chi connectivity index (χ3v) is 5.85. The van der Waals surface area contributed by atoms with Gasteiger partial charge in [-0.05, 0) is 36.1 Å². The van der Waals surface area contributed by atoms with E-state index in [4.69, 9.17) is 0 Å². The van der Waals surface area contributed by atoms with Crippen molar-refractivity contribution in [1.29, 1.82) is 0 Å². The van der Waals surface area contributed by atoms with Crippen molar-refractivity contribution in [3.8, 4) is 0 Å². The fraction of sp³-hybridized carbons (Fsp3) is 0.286. The summed E-state index contributed by atoms with van der Waals surface area (Å²) in [4.78, 5) is 15.8. The fourth-order valence-corrected chi connectivity index (χ4v) is 3.90. The van der Waals surface area contributed by atoms with Crippen LogP contribution in [0.1, 0.15) is 24.9 Å². The van der Waals surface area contributed by atoms with Crippen molar-refractivity contribution in [2.75, 3.05) is 6.54 Å². The molecule has 2 aromatic heterocycles. The lowest BCUT2D eigenvalue weighted by atomic mass is 10.1. The maximum atomic E-state index is 11.9. The number of aromatic nitrogens is 1. The lowest BCUT2D eigenvalue weighted by Gasteiger charge is -2.14. The predicted molar refractivity (Wildman–Crippen MR) is 84.9 cm³/mol. The van der Waals surface area contributed by atoms with Gasteiger partial charge in [-0.2, -0.15) is 0 Å². The van der Waals surface area contributed by atoms with Gasteiger partial charge >= 0.3 is 0 Å². The van der Waals surface area contributed by atoms with Gasteiger partial charge in [0.15, 0.2) is 0 Å². The van der Waals surface area contributed by atoms with Gasteiger partial charge in [0.25, 0.3) is 0 Å². The number of nitrogens with one attached hydrogen (secondary N) is 2. The van der Waals surface area contributed by atoms with Crippen LogP contribution in [-0.4, -0.2) is 25.9 Å². The minimum Gasteiger partial charge on any atom is -0.350 e. The zero-order valence-corrected chi connectivity index (χ0v) is 13.7. The molecule has 2 heterocycles. The van der Waals surface area contributed by atoms with Gasteiger partial charge < -0.3 is 5.32 Å². The van der Waals surface area contributed by atoms with Crippen LogP contribution in [0.3, 0.4) is 0 Å². The van der Waals surface area contributed by atoms with E-state index in [1.54, 1.807) is 23.8 Å². The van der Waals surface area contributed by atoms with Crippen LogP contribution >= 0.6 is 11.3 Å². The summed E-state index contributed by atoms with van der Waals surface area (Å²) in [6.07, 6.45) is 3.40. The predicted octanol–water partition coefficient (Wildman–Crippen LogP) is 1.69. The molecule has 2 aromatic rings. The smallest absolute Gasteiger partial charge is 0.250 e. The molecule has 0 bridgehead atoms. The van der Waals surface area contributed by atoms with E-state index in [-0.39, 0.29) is 29.1 Å². The van der Waals surface area contributed by atoms with Crippen molar-refractivity contribution < 1.29 is 13.2 Å². The highest BCUT2D eigenvalue weighted by atomic mass is 32.2. The van der Waals surface area contributed by atoms with Gasteiger partial charge in [-0.3, -0.25) is 9.78 Å². The molecule has 0 aromatic carbocycles. The highest BCUT2D eigenvalue weighted by molar-refractivity contribution is 7.91. The number of sulfonamides is 1. The van der Waals surface area contributed by atoms with Crippen molar-refractivity contribution in [2.45, 2.75) is 23.6 Å². The number of hydrogen-bond donors (Lipinski definition) is 2. The second-order valence-electron chi connectivity index (χ2n) is 4.65. The Balaban J connectivity index is 1.79. The molecule has 1 atom stereocenters. The van der Waals surface area contributed by atoms with Gasteiger partial charge in [-0.1, -0.05) is 6.07 Å². The van der Waals surface area contributed by atoms with Gasteiger partial charge in [0.05, 0.1) is 6.04 Å². The molecule has 2 N–H and O–H groups in total. The van der Waals surface area contributed by atoms with Crippen LogP contribution in [0.2, 0.25) is 0 Å². The average Bonchev–Trinajstić information content (AvgIpc) is 3.03. The highest BCUT2D eigenvalue weighted by Crippen LogP contribution is 2.15. The molecule has 22 heavy (non-hydrogen) atoms. The van der Waals surface area contributed by atoms with Gasteiger partial charge in [0.1, 0.15) is 4.21 Å². The van der Waals surface area contributed by atoms with Crippen LogP contribution in [0.25, 0.3) is 0 Å². The molecule has 118 valence electrons. The molecule has 0 saturated carbocycles. The lowest BCUT2D eigenvalue weighted by molar-refractivity contribution is -0.121. The second-order valence-corrected chi connectivity index (χ2v) is 7.59. The monoisotopic (exact) mass is 339 g/mol. The third kappa shape index (κ3) is 4.62. The van der Waals surface area contributed by atoms with Crippen LogP contribution in [-0.2, 0) is 14.8 Å². The summed E-state index contributed by atoms with van der Waals surface area (Å²) in [5.41, 5.74) is 0.947. The van der Waals surface area contributed by atoms with E-state index in [2.05, 4.69) is 15.0 Å². The number of pyridine rings is 1. The van der Waals surface area contributed by atoms with E-state index in [1.165, 1.54) is 6.07 Å². The first kappa shape index (κ1) is 16.6. The number of rotatable bonds is 7. The molecule has 8 heteroatoms. The van der Waals surface area contributed by atoms with E-state index in [0.717, 1.165) is 16.9 Å². The normalized spacial score (nSPS) is 12.8. The molecule has 6 nitrogen and oxygen atoms in total. The van der Waals surface area contributed by atoms with E-state index < -0.39 is 10.0 Å². The Labute approximate surface area is 133 Å². The molecule has 0 aliphatic rings. The Morgan fingerprint density at radius 3 is 2.68 bits per heavy atom. The van der Waals surface area contributed by atoms with Gasteiger partial charge in [-0.15, -0.1) is 11.3 Å². The molecule has 0 fully saturated rings. The van der Waals surface area contributed by atoms with Gasteiger partial charge in [-0.25, -0.2) is 13.1 Å². The molecule has 1 amide bonds. The van der Waals surface area contributed by atoms with Crippen molar-refractivity contribution >= 4 is 27.3 Å². The maximum absolute atomic E-state index is 11.9. The standard InChI is InChI=1S/C14H17N3O3S2/c1-11(12-4-7-15-8-5-12)17-13(18)6-9-16-22(19,20)14-3-2-10-21-14/h2-5,7-8,10-11,16H,6,9H2,1H3,(H,17,18). The molecule has 2 rings (SSSR count). The molecule has 0 spiro atoms. The summed E-state index contributed by atoms with van der Waals surface area (Å²) in [7, 11) is -3.51. The zero-order valence-electron chi connectivity index (χ0n) is 12.0.